The topological polar surface area (TPSA) is 46.9 Å². The number of para-hydroxylation sites is 2. The van der Waals surface area contributed by atoms with Crippen LogP contribution in [0.2, 0.25) is 10.0 Å². The van der Waals surface area contributed by atoms with Gasteiger partial charge in [-0.15, -0.1) is 0 Å². The Hall–Kier alpha value is -2.04. The second-order valence-electron chi connectivity index (χ2n) is 6.93. The van der Waals surface area contributed by atoms with Gasteiger partial charge in [0.15, 0.2) is 0 Å². The van der Waals surface area contributed by atoms with E-state index in [1.807, 2.05) is 36.4 Å². The summed E-state index contributed by atoms with van der Waals surface area (Å²) in [5.41, 5.74) is 2.98. The van der Waals surface area contributed by atoms with E-state index in [1.165, 1.54) is 0 Å². The Labute approximate surface area is 175 Å². The van der Waals surface area contributed by atoms with Crippen LogP contribution in [0.25, 0.3) is 11.0 Å². The first kappa shape index (κ1) is 20.7. The maximum Gasteiger partial charge on any atom is 0.220 e. The van der Waals surface area contributed by atoms with Crippen LogP contribution in [0.15, 0.2) is 42.5 Å². The molecule has 1 unspecified atom stereocenters. The lowest BCUT2D eigenvalue weighted by Gasteiger charge is -2.19. The van der Waals surface area contributed by atoms with E-state index in [4.69, 9.17) is 28.2 Å². The van der Waals surface area contributed by atoms with Gasteiger partial charge in [-0.05, 0) is 42.7 Å². The van der Waals surface area contributed by atoms with Crippen LogP contribution in [0.3, 0.4) is 0 Å². The SMILES string of the molecule is CCCCC(=O)NC(CC)c1nc2ccccc2n1Cc1ccc(Cl)c(Cl)c1. The van der Waals surface area contributed by atoms with E-state index >= 15 is 0 Å². The highest BCUT2D eigenvalue weighted by atomic mass is 35.5. The minimum atomic E-state index is -0.139. The molecule has 0 aliphatic rings. The third-order valence-corrected chi connectivity index (χ3v) is 5.56. The van der Waals surface area contributed by atoms with Crippen molar-refractivity contribution in [2.24, 2.45) is 0 Å². The van der Waals surface area contributed by atoms with Crippen molar-refractivity contribution in [2.45, 2.75) is 52.1 Å². The summed E-state index contributed by atoms with van der Waals surface area (Å²) in [6.45, 7) is 4.75. The summed E-state index contributed by atoms with van der Waals surface area (Å²) in [5, 5.41) is 4.23. The number of fused-ring (bicyclic) bond motifs is 1. The molecule has 3 aromatic rings. The minimum absolute atomic E-state index is 0.0712. The van der Waals surface area contributed by atoms with Crippen molar-refractivity contribution >= 4 is 40.1 Å². The lowest BCUT2D eigenvalue weighted by Crippen LogP contribution is -2.30. The molecule has 2 aromatic carbocycles. The Bertz CT molecular complexity index is 968. The summed E-state index contributed by atoms with van der Waals surface area (Å²) >= 11 is 12.3. The van der Waals surface area contributed by atoms with Crippen molar-refractivity contribution in [3.63, 3.8) is 0 Å². The van der Waals surface area contributed by atoms with E-state index in [0.717, 1.165) is 41.7 Å². The van der Waals surface area contributed by atoms with Gasteiger partial charge < -0.3 is 9.88 Å². The van der Waals surface area contributed by atoms with Gasteiger partial charge in [0.25, 0.3) is 0 Å². The number of carbonyl (C=O) groups is 1. The van der Waals surface area contributed by atoms with Crippen LogP contribution in [-0.2, 0) is 11.3 Å². The number of carbonyl (C=O) groups excluding carboxylic acids is 1. The van der Waals surface area contributed by atoms with Crippen molar-refractivity contribution in [3.8, 4) is 0 Å². The number of hydrogen-bond acceptors (Lipinski definition) is 2. The molecule has 0 aliphatic carbocycles. The number of unbranched alkanes of at least 4 members (excludes halogenated alkanes) is 1. The first-order valence-corrected chi connectivity index (χ1v) is 10.5. The summed E-state index contributed by atoms with van der Waals surface area (Å²) < 4.78 is 2.16. The van der Waals surface area contributed by atoms with Gasteiger partial charge in [0.05, 0.1) is 27.1 Å². The molecule has 3 rings (SSSR count). The predicted octanol–water partition coefficient (Wildman–Crippen LogP) is 6.15. The molecule has 0 fully saturated rings. The number of benzene rings is 2. The van der Waals surface area contributed by atoms with Crippen LogP contribution < -0.4 is 5.32 Å². The molecule has 0 saturated carbocycles. The van der Waals surface area contributed by atoms with Gasteiger partial charge in [0.2, 0.25) is 5.91 Å². The fourth-order valence-electron chi connectivity index (χ4n) is 3.30. The maximum absolute atomic E-state index is 12.3. The number of nitrogens with zero attached hydrogens (tertiary/aromatic N) is 2. The molecular weight excluding hydrogens is 393 g/mol. The zero-order valence-electron chi connectivity index (χ0n) is 16.2. The fourth-order valence-corrected chi connectivity index (χ4v) is 3.62. The highest BCUT2D eigenvalue weighted by Gasteiger charge is 2.21. The summed E-state index contributed by atoms with van der Waals surface area (Å²) in [5.74, 6) is 0.932. The molecule has 1 amide bonds. The van der Waals surface area contributed by atoms with E-state index in [0.29, 0.717) is 23.0 Å². The van der Waals surface area contributed by atoms with Gasteiger partial charge in [-0.1, -0.05) is 61.7 Å². The Morgan fingerprint density at radius 1 is 1.14 bits per heavy atom. The molecule has 6 heteroatoms. The van der Waals surface area contributed by atoms with Gasteiger partial charge in [-0.3, -0.25) is 4.79 Å². The number of nitrogens with one attached hydrogen (secondary N) is 1. The average Bonchev–Trinajstić information content (AvgIpc) is 3.05. The Morgan fingerprint density at radius 2 is 1.93 bits per heavy atom. The molecule has 0 bridgehead atoms. The van der Waals surface area contributed by atoms with Crippen molar-refractivity contribution in [1.29, 1.82) is 0 Å². The first-order chi connectivity index (χ1) is 13.5. The minimum Gasteiger partial charge on any atom is -0.346 e. The molecule has 1 aromatic heterocycles. The number of hydrogen-bond donors (Lipinski definition) is 1. The molecule has 0 aliphatic heterocycles. The quantitative estimate of drug-likeness (QED) is 0.477. The smallest absolute Gasteiger partial charge is 0.220 e. The molecule has 0 radical (unpaired) electrons. The largest absolute Gasteiger partial charge is 0.346 e. The molecule has 1 atom stereocenters. The van der Waals surface area contributed by atoms with Crippen LogP contribution in [-0.4, -0.2) is 15.5 Å². The number of imidazole rings is 1. The maximum atomic E-state index is 12.3. The van der Waals surface area contributed by atoms with E-state index < -0.39 is 0 Å². The average molecular weight is 418 g/mol. The van der Waals surface area contributed by atoms with Crippen LogP contribution in [0.5, 0.6) is 0 Å². The predicted molar refractivity (Wildman–Crippen MR) is 116 cm³/mol. The van der Waals surface area contributed by atoms with E-state index in [-0.39, 0.29) is 11.9 Å². The highest BCUT2D eigenvalue weighted by Crippen LogP contribution is 2.27. The normalized spacial score (nSPS) is 12.3. The number of halogens is 2. The Morgan fingerprint density at radius 3 is 2.64 bits per heavy atom. The summed E-state index contributed by atoms with van der Waals surface area (Å²) in [7, 11) is 0. The van der Waals surface area contributed by atoms with Gasteiger partial charge in [0, 0.05) is 13.0 Å². The Balaban J connectivity index is 1.97. The van der Waals surface area contributed by atoms with Crippen molar-refractivity contribution in [1.82, 2.24) is 14.9 Å². The number of aromatic nitrogens is 2. The molecule has 4 nitrogen and oxygen atoms in total. The zero-order valence-corrected chi connectivity index (χ0v) is 17.7. The van der Waals surface area contributed by atoms with Crippen molar-refractivity contribution in [3.05, 3.63) is 63.9 Å². The molecule has 0 spiro atoms. The van der Waals surface area contributed by atoms with Gasteiger partial charge >= 0.3 is 0 Å². The monoisotopic (exact) mass is 417 g/mol. The van der Waals surface area contributed by atoms with Gasteiger partial charge in [-0.25, -0.2) is 4.98 Å². The second kappa shape index (κ2) is 9.44. The molecule has 1 heterocycles. The molecule has 1 N–H and O–H groups in total. The standard InChI is InChI=1S/C22H25Cl2N3O/c1-3-5-10-21(28)25-18(4-2)22-26-19-8-6-7-9-20(19)27(22)14-15-11-12-16(23)17(24)13-15/h6-9,11-13,18H,3-5,10,14H2,1-2H3,(H,25,28). The van der Waals surface area contributed by atoms with E-state index in [9.17, 15) is 4.79 Å². The number of amides is 1. The van der Waals surface area contributed by atoms with Gasteiger partial charge in [-0.2, -0.15) is 0 Å². The lowest BCUT2D eigenvalue weighted by molar-refractivity contribution is -0.122. The molecular formula is C22H25Cl2N3O. The Kier molecular flexibility index (Phi) is 6.97. The van der Waals surface area contributed by atoms with E-state index in [2.05, 4.69) is 29.8 Å². The third-order valence-electron chi connectivity index (χ3n) is 4.82. The van der Waals surface area contributed by atoms with Crippen LogP contribution >= 0.6 is 23.2 Å². The third kappa shape index (κ3) is 4.68. The molecule has 148 valence electrons. The number of rotatable bonds is 8. The summed E-state index contributed by atoms with van der Waals surface area (Å²) in [6, 6.07) is 13.5. The van der Waals surface area contributed by atoms with Crippen molar-refractivity contribution < 1.29 is 4.79 Å². The van der Waals surface area contributed by atoms with Gasteiger partial charge in [0.1, 0.15) is 5.82 Å². The second-order valence-corrected chi connectivity index (χ2v) is 7.74. The van der Waals surface area contributed by atoms with E-state index in [1.54, 1.807) is 0 Å². The molecule has 0 saturated heterocycles. The van der Waals surface area contributed by atoms with Crippen LogP contribution in [0.1, 0.15) is 57.0 Å². The fraction of sp³-hybridized carbons (Fsp3) is 0.364. The zero-order chi connectivity index (χ0) is 20.1. The van der Waals surface area contributed by atoms with Crippen molar-refractivity contribution in [2.75, 3.05) is 0 Å². The summed E-state index contributed by atoms with van der Waals surface area (Å²) in [6.07, 6.45) is 3.20. The summed E-state index contributed by atoms with van der Waals surface area (Å²) in [4.78, 5) is 17.2. The molecule has 28 heavy (non-hydrogen) atoms. The first-order valence-electron chi connectivity index (χ1n) is 9.72. The van der Waals surface area contributed by atoms with Crippen LogP contribution in [0, 0.1) is 0 Å². The lowest BCUT2D eigenvalue weighted by atomic mass is 10.1. The highest BCUT2D eigenvalue weighted by molar-refractivity contribution is 6.42. The van der Waals surface area contributed by atoms with Crippen LogP contribution in [0.4, 0.5) is 0 Å².